The van der Waals surface area contributed by atoms with Crippen molar-refractivity contribution in [2.24, 2.45) is 0 Å². The average molecular weight is 336 g/mol. The van der Waals surface area contributed by atoms with Gasteiger partial charge in [0.05, 0.1) is 25.6 Å². The quantitative estimate of drug-likeness (QED) is 0.878. The van der Waals surface area contributed by atoms with Gasteiger partial charge in [-0.3, -0.25) is 4.72 Å². The summed E-state index contributed by atoms with van der Waals surface area (Å²) in [6, 6.07) is 11.8. The molecule has 0 saturated carbocycles. The summed E-state index contributed by atoms with van der Waals surface area (Å²) in [5.74, 6) is 0.688. The van der Waals surface area contributed by atoms with Crippen LogP contribution >= 0.6 is 0 Å². The van der Waals surface area contributed by atoms with Crippen molar-refractivity contribution in [3.63, 3.8) is 0 Å². The Bertz CT molecular complexity index is 788. The molecule has 0 atom stereocenters. The smallest absolute Gasteiger partial charge is 0.265 e. The number of nitrogens with zero attached hydrogens (tertiary/aromatic N) is 1. The fraction of sp³-hybridized carbons (Fsp3) is 0.250. The summed E-state index contributed by atoms with van der Waals surface area (Å²) in [5, 5.41) is 0. The highest BCUT2D eigenvalue weighted by Crippen LogP contribution is 2.32. The van der Waals surface area contributed by atoms with Crippen molar-refractivity contribution in [3.05, 3.63) is 42.5 Å². The van der Waals surface area contributed by atoms with Gasteiger partial charge in [0.25, 0.3) is 10.0 Å². The predicted octanol–water partition coefficient (Wildman–Crippen LogP) is 2.57. The molecular weight excluding hydrogens is 316 g/mol. The molecule has 1 N–H and O–H groups in total. The highest BCUT2D eigenvalue weighted by atomic mass is 32.2. The Kier molecular flexibility index (Phi) is 5.00. The van der Waals surface area contributed by atoms with Crippen molar-refractivity contribution in [1.82, 2.24) is 0 Å². The molecule has 0 aromatic heterocycles. The van der Waals surface area contributed by atoms with E-state index in [1.54, 1.807) is 24.3 Å². The van der Waals surface area contributed by atoms with Gasteiger partial charge in [0.2, 0.25) is 0 Å². The second kappa shape index (κ2) is 6.78. The van der Waals surface area contributed by atoms with Crippen LogP contribution in [0, 0.1) is 0 Å². The molecule has 0 aliphatic heterocycles. The van der Waals surface area contributed by atoms with Crippen LogP contribution in [-0.2, 0) is 10.0 Å². The molecule has 2 aromatic carbocycles. The van der Waals surface area contributed by atoms with Crippen LogP contribution in [0.1, 0.15) is 0 Å². The van der Waals surface area contributed by atoms with Crippen LogP contribution < -0.4 is 19.1 Å². The van der Waals surface area contributed by atoms with Crippen LogP contribution in [0.15, 0.2) is 47.4 Å². The van der Waals surface area contributed by atoms with E-state index in [4.69, 9.17) is 9.47 Å². The molecule has 0 saturated heterocycles. The molecule has 2 aromatic rings. The van der Waals surface area contributed by atoms with E-state index in [2.05, 4.69) is 4.72 Å². The Labute approximate surface area is 136 Å². The molecule has 7 heteroatoms. The SMILES string of the molecule is COc1ccc(OC)c(S(=O)(=O)Nc2ccccc2N(C)C)c1. The number of hydrogen-bond donors (Lipinski definition) is 1. The normalized spacial score (nSPS) is 11.0. The number of benzene rings is 2. The van der Waals surface area contributed by atoms with E-state index < -0.39 is 10.0 Å². The summed E-state index contributed by atoms with van der Waals surface area (Å²) in [5.41, 5.74) is 1.25. The fourth-order valence-electron chi connectivity index (χ4n) is 2.14. The molecule has 2 rings (SSSR count). The van der Waals surface area contributed by atoms with Crippen molar-refractivity contribution in [1.29, 1.82) is 0 Å². The van der Waals surface area contributed by atoms with Crippen molar-refractivity contribution < 1.29 is 17.9 Å². The number of hydrogen-bond acceptors (Lipinski definition) is 5. The lowest BCUT2D eigenvalue weighted by atomic mass is 10.2. The number of sulfonamides is 1. The van der Waals surface area contributed by atoms with E-state index in [0.29, 0.717) is 11.4 Å². The number of ether oxygens (including phenoxy) is 2. The van der Waals surface area contributed by atoms with Crippen molar-refractivity contribution in [2.45, 2.75) is 4.90 Å². The maximum absolute atomic E-state index is 12.8. The Hall–Kier alpha value is -2.41. The highest BCUT2D eigenvalue weighted by molar-refractivity contribution is 7.92. The topological polar surface area (TPSA) is 67.9 Å². The molecule has 0 aliphatic rings. The first-order valence-electron chi connectivity index (χ1n) is 6.90. The Balaban J connectivity index is 2.48. The van der Waals surface area contributed by atoms with Crippen LogP contribution in [0.3, 0.4) is 0 Å². The second-order valence-electron chi connectivity index (χ2n) is 5.03. The summed E-state index contributed by atoms with van der Waals surface area (Å²) in [6.45, 7) is 0. The van der Waals surface area contributed by atoms with E-state index in [1.165, 1.54) is 20.3 Å². The molecule has 124 valence electrons. The van der Waals surface area contributed by atoms with Crippen LogP contribution in [0.2, 0.25) is 0 Å². The number of para-hydroxylation sites is 2. The van der Waals surface area contributed by atoms with Gasteiger partial charge in [0.1, 0.15) is 16.4 Å². The standard InChI is InChI=1S/C16H20N2O4S/c1-18(2)14-8-6-5-7-13(14)17-23(19,20)16-11-12(21-3)9-10-15(16)22-4/h5-11,17H,1-4H3. The summed E-state index contributed by atoms with van der Waals surface area (Å²) in [7, 11) is 2.77. The molecule has 0 radical (unpaired) electrons. The van der Waals surface area contributed by atoms with E-state index in [-0.39, 0.29) is 10.6 Å². The van der Waals surface area contributed by atoms with Gasteiger partial charge in [-0.25, -0.2) is 8.42 Å². The first-order valence-corrected chi connectivity index (χ1v) is 8.38. The molecule has 0 amide bonds. The van der Waals surface area contributed by atoms with Gasteiger partial charge >= 0.3 is 0 Å². The Morgan fingerprint density at radius 2 is 1.70 bits per heavy atom. The minimum atomic E-state index is -3.83. The summed E-state index contributed by atoms with van der Waals surface area (Å²) >= 11 is 0. The van der Waals surface area contributed by atoms with E-state index in [0.717, 1.165) is 5.69 Å². The lowest BCUT2D eigenvalue weighted by Gasteiger charge is -2.19. The molecule has 0 aliphatic carbocycles. The van der Waals surface area contributed by atoms with Crippen molar-refractivity contribution in [2.75, 3.05) is 37.9 Å². The monoisotopic (exact) mass is 336 g/mol. The van der Waals surface area contributed by atoms with Gasteiger partial charge in [-0.2, -0.15) is 0 Å². The third-order valence-electron chi connectivity index (χ3n) is 3.29. The first kappa shape index (κ1) is 17.0. The summed E-state index contributed by atoms with van der Waals surface area (Å²) in [4.78, 5) is 1.86. The molecule has 0 fully saturated rings. The van der Waals surface area contributed by atoms with Gasteiger partial charge in [0.15, 0.2) is 0 Å². The van der Waals surface area contributed by atoms with Crippen LogP contribution in [-0.4, -0.2) is 36.7 Å². The van der Waals surface area contributed by atoms with E-state index in [1.807, 2.05) is 31.1 Å². The van der Waals surface area contributed by atoms with Crippen molar-refractivity contribution in [3.8, 4) is 11.5 Å². The maximum atomic E-state index is 12.8. The van der Waals surface area contributed by atoms with Gasteiger partial charge in [0, 0.05) is 20.2 Å². The molecular formula is C16H20N2O4S. The molecule has 0 unspecified atom stereocenters. The van der Waals surface area contributed by atoms with Crippen molar-refractivity contribution >= 4 is 21.4 Å². The zero-order valence-corrected chi connectivity index (χ0v) is 14.3. The molecule has 0 bridgehead atoms. The number of methoxy groups -OCH3 is 2. The minimum absolute atomic E-state index is 0.0212. The van der Waals surface area contributed by atoms with Gasteiger partial charge in [-0.15, -0.1) is 0 Å². The average Bonchev–Trinajstić information content (AvgIpc) is 2.54. The lowest BCUT2D eigenvalue weighted by Crippen LogP contribution is -2.17. The second-order valence-corrected chi connectivity index (χ2v) is 6.68. The third-order valence-corrected chi connectivity index (χ3v) is 4.68. The van der Waals surface area contributed by atoms with Gasteiger partial charge in [-0.05, 0) is 24.3 Å². The number of anilines is 2. The van der Waals surface area contributed by atoms with Crippen LogP contribution in [0.25, 0.3) is 0 Å². The van der Waals surface area contributed by atoms with Crippen LogP contribution in [0.4, 0.5) is 11.4 Å². The van der Waals surface area contributed by atoms with Gasteiger partial charge < -0.3 is 14.4 Å². The van der Waals surface area contributed by atoms with E-state index >= 15 is 0 Å². The highest BCUT2D eigenvalue weighted by Gasteiger charge is 2.22. The Morgan fingerprint density at radius 1 is 1.00 bits per heavy atom. The number of rotatable bonds is 6. The van der Waals surface area contributed by atoms with Gasteiger partial charge in [-0.1, -0.05) is 12.1 Å². The molecule has 0 spiro atoms. The fourth-order valence-corrected chi connectivity index (χ4v) is 3.40. The number of nitrogens with one attached hydrogen (secondary N) is 1. The third kappa shape index (κ3) is 3.68. The lowest BCUT2D eigenvalue weighted by molar-refractivity contribution is 0.392. The molecule has 0 heterocycles. The molecule has 6 nitrogen and oxygen atoms in total. The predicted molar refractivity (Wildman–Crippen MR) is 91.1 cm³/mol. The zero-order chi connectivity index (χ0) is 17.0. The zero-order valence-electron chi connectivity index (χ0n) is 13.5. The largest absolute Gasteiger partial charge is 0.497 e. The molecule has 23 heavy (non-hydrogen) atoms. The Morgan fingerprint density at radius 3 is 2.30 bits per heavy atom. The summed E-state index contributed by atoms with van der Waals surface area (Å²) in [6.07, 6.45) is 0. The maximum Gasteiger partial charge on any atom is 0.265 e. The first-order chi connectivity index (χ1) is 10.9. The van der Waals surface area contributed by atoms with Crippen LogP contribution in [0.5, 0.6) is 11.5 Å². The van der Waals surface area contributed by atoms with E-state index in [9.17, 15) is 8.42 Å². The summed E-state index contributed by atoms with van der Waals surface area (Å²) < 4.78 is 38.4. The minimum Gasteiger partial charge on any atom is -0.497 e.